The van der Waals surface area contributed by atoms with E-state index in [2.05, 4.69) is 5.10 Å². The van der Waals surface area contributed by atoms with E-state index >= 15 is 0 Å². The Kier molecular flexibility index (Phi) is 3.89. The molecule has 0 amide bonds. The molecule has 1 aromatic heterocycles. The SMILES string of the molecule is Cn1ccc(C(=O)C(C#N)c2ccc(Cl)cc2Cl)n1. The van der Waals surface area contributed by atoms with Crippen molar-refractivity contribution in [3.63, 3.8) is 0 Å². The molecular formula is C13H9Cl2N3O. The van der Waals surface area contributed by atoms with Gasteiger partial charge >= 0.3 is 0 Å². The van der Waals surface area contributed by atoms with Gasteiger partial charge < -0.3 is 0 Å². The van der Waals surface area contributed by atoms with Crippen LogP contribution in [0.5, 0.6) is 0 Å². The predicted molar refractivity (Wildman–Crippen MR) is 72.4 cm³/mol. The van der Waals surface area contributed by atoms with Crippen molar-refractivity contribution in [3.05, 3.63) is 51.8 Å². The summed E-state index contributed by atoms with van der Waals surface area (Å²) in [5, 5.41) is 14.0. The first-order valence-electron chi connectivity index (χ1n) is 5.41. The molecule has 1 heterocycles. The van der Waals surface area contributed by atoms with Gasteiger partial charge in [-0.15, -0.1) is 0 Å². The van der Waals surface area contributed by atoms with Gasteiger partial charge in [0.05, 0.1) is 6.07 Å². The number of aromatic nitrogens is 2. The van der Waals surface area contributed by atoms with Crippen LogP contribution in [-0.2, 0) is 7.05 Å². The quantitative estimate of drug-likeness (QED) is 0.817. The Bertz CT molecular complexity index is 673. The van der Waals surface area contributed by atoms with Crippen LogP contribution in [0, 0.1) is 11.3 Å². The Morgan fingerprint density at radius 2 is 2.16 bits per heavy atom. The maximum absolute atomic E-state index is 12.2. The van der Waals surface area contributed by atoms with Gasteiger partial charge in [-0.3, -0.25) is 9.48 Å². The molecule has 1 unspecified atom stereocenters. The number of halogens is 2. The van der Waals surface area contributed by atoms with E-state index in [1.54, 1.807) is 31.4 Å². The molecular weight excluding hydrogens is 285 g/mol. The number of aryl methyl sites for hydroxylation is 1. The lowest BCUT2D eigenvalue weighted by Crippen LogP contribution is -2.13. The molecule has 0 N–H and O–H groups in total. The number of ketones is 1. The summed E-state index contributed by atoms with van der Waals surface area (Å²) in [4.78, 5) is 12.2. The first-order valence-corrected chi connectivity index (χ1v) is 6.17. The topological polar surface area (TPSA) is 58.7 Å². The summed E-state index contributed by atoms with van der Waals surface area (Å²) in [6, 6.07) is 8.21. The van der Waals surface area contributed by atoms with Crippen LogP contribution in [0.1, 0.15) is 22.0 Å². The van der Waals surface area contributed by atoms with Crippen LogP contribution in [0.4, 0.5) is 0 Å². The molecule has 0 saturated heterocycles. The average molecular weight is 294 g/mol. The van der Waals surface area contributed by atoms with Crippen LogP contribution >= 0.6 is 23.2 Å². The predicted octanol–water partition coefficient (Wildman–Crippen LogP) is 3.22. The summed E-state index contributed by atoms with van der Waals surface area (Å²) in [5.41, 5.74) is 0.671. The van der Waals surface area contributed by atoms with Gasteiger partial charge in [0.2, 0.25) is 5.78 Å². The molecule has 0 saturated carbocycles. The van der Waals surface area contributed by atoms with Gasteiger partial charge in [0.25, 0.3) is 0 Å². The van der Waals surface area contributed by atoms with Crippen molar-refractivity contribution in [2.24, 2.45) is 7.05 Å². The summed E-state index contributed by atoms with van der Waals surface area (Å²) < 4.78 is 1.51. The second-order valence-corrected chi connectivity index (χ2v) is 4.81. The van der Waals surface area contributed by atoms with Crippen LogP contribution in [0.15, 0.2) is 30.5 Å². The second-order valence-electron chi connectivity index (χ2n) is 3.97. The van der Waals surface area contributed by atoms with E-state index in [-0.39, 0.29) is 11.5 Å². The summed E-state index contributed by atoms with van der Waals surface area (Å²) in [6.45, 7) is 0. The highest BCUT2D eigenvalue weighted by Crippen LogP contribution is 2.29. The third-order valence-corrected chi connectivity index (χ3v) is 3.19. The Morgan fingerprint density at radius 3 is 2.68 bits per heavy atom. The van der Waals surface area contributed by atoms with Crippen LogP contribution < -0.4 is 0 Å². The zero-order valence-electron chi connectivity index (χ0n) is 9.97. The summed E-state index contributed by atoms with van der Waals surface area (Å²) in [5.74, 6) is -1.37. The highest BCUT2D eigenvalue weighted by atomic mass is 35.5. The lowest BCUT2D eigenvalue weighted by molar-refractivity contribution is 0.0973. The number of benzene rings is 1. The molecule has 1 aromatic carbocycles. The number of hydrogen-bond donors (Lipinski definition) is 0. The zero-order chi connectivity index (χ0) is 14.0. The Hall–Kier alpha value is -1.83. The number of nitriles is 1. The third kappa shape index (κ3) is 2.78. The Labute approximate surface area is 120 Å². The standard InChI is InChI=1S/C13H9Cl2N3O/c1-18-5-4-12(17-18)13(19)10(7-16)9-3-2-8(14)6-11(9)15/h2-6,10H,1H3. The maximum atomic E-state index is 12.2. The molecule has 4 nitrogen and oxygen atoms in total. The Morgan fingerprint density at radius 1 is 1.42 bits per heavy atom. The molecule has 0 spiro atoms. The van der Waals surface area contributed by atoms with Crippen molar-refractivity contribution in [1.82, 2.24) is 9.78 Å². The van der Waals surface area contributed by atoms with Gasteiger partial charge in [0, 0.05) is 23.3 Å². The number of nitrogens with zero attached hydrogens (tertiary/aromatic N) is 3. The fraction of sp³-hybridized carbons (Fsp3) is 0.154. The molecule has 2 rings (SSSR count). The van der Waals surface area contributed by atoms with Crippen LogP contribution in [-0.4, -0.2) is 15.6 Å². The average Bonchev–Trinajstić information content (AvgIpc) is 2.79. The fourth-order valence-electron chi connectivity index (χ4n) is 1.70. The van der Waals surface area contributed by atoms with Crippen LogP contribution in [0.2, 0.25) is 10.0 Å². The first-order chi connectivity index (χ1) is 9.02. The van der Waals surface area contributed by atoms with Crippen LogP contribution in [0.3, 0.4) is 0 Å². The fourth-order valence-corrected chi connectivity index (χ4v) is 2.22. The summed E-state index contributed by atoms with van der Waals surface area (Å²) in [6.07, 6.45) is 1.64. The Balaban J connectivity index is 2.40. The number of carbonyl (C=O) groups is 1. The minimum Gasteiger partial charge on any atom is -0.290 e. The molecule has 19 heavy (non-hydrogen) atoms. The van der Waals surface area contributed by atoms with Gasteiger partial charge in [0.1, 0.15) is 11.6 Å². The molecule has 0 fully saturated rings. The van der Waals surface area contributed by atoms with E-state index in [0.717, 1.165) is 0 Å². The minimum absolute atomic E-state index is 0.236. The maximum Gasteiger partial charge on any atom is 0.204 e. The van der Waals surface area contributed by atoms with Gasteiger partial charge in [-0.25, -0.2) is 0 Å². The van der Waals surface area contributed by atoms with Crippen molar-refractivity contribution >= 4 is 29.0 Å². The highest BCUT2D eigenvalue weighted by Gasteiger charge is 2.25. The van der Waals surface area contributed by atoms with Gasteiger partial charge in [-0.05, 0) is 23.8 Å². The van der Waals surface area contributed by atoms with Gasteiger partial charge in [-0.1, -0.05) is 29.3 Å². The normalized spacial score (nSPS) is 11.9. The second kappa shape index (κ2) is 5.43. The monoisotopic (exact) mass is 293 g/mol. The smallest absolute Gasteiger partial charge is 0.204 e. The van der Waals surface area contributed by atoms with E-state index in [4.69, 9.17) is 23.2 Å². The van der Waals surface area contributed by atoms with Gasteiger partial charge in [0.15, 0.2) is 0 Å². The third-order valence-electron chi connectivity index (χ3n) is 2.63. The van der Waals surface area contributed by atoms with Crippen molar-refractivity contribution in [3.8, 4) is 6.07 Å². The zero-order valence-corrected chi connectivity index (χ0v) is 11.5. The molecule has 2 aromatic rings. The van der Waals surface area contributed by atoms with E-state index < -0.39 is 5.92 Å². The van der Waals surface area contributed by atoms with E-state index in [0.29, 0.717) is 15.6 Å². The largest absolute Gasteiger partial charge is 0.290 e. The van der Waals surface area contributed by atoms with Crippen molar-refractivity contribution in [2.45, 2.75) is 5.92 Å². The molecule has 0 radical (unpaired) electrons. The molecule has 0 bridgehead atoms. The molecule has 6 heteroatoms. The highest BCUT2D eigenvalue weighted by molar-refractivity contribution is 6.35. The lowest BCUT2D eigenvalue weighted by Gasteiger charge is -2.09. The van der Waals surface area contributed by atoms with Crippen molar-refractivity contribution < 1.29 is 4.79 Å². The summed E-state index contributed by atoms with van der Waals surface area (Å²) >= 11 is 11.8. The number of hydrogen-bond acceptors (Lipinski definition) is 3. The van der Waals surface area contributed by atoms with E-state index in [1.807, 2.05) is 6.07 Å². The first kappa shape index (κ1) is 13.6. The van der Waals surface area contributed by atoms with E-state index in [1.165, 1.54) is 10.7 Å². The minimum atomic E-state index is -0.986. The molecule has 0 aliphatic carbocycles. The van der Waals surface area contributed by atoms with Crippen molar-refractivity contribution in [1.29, 1.82) is 5.26 Å². The number of Topliss-reactive ketones (excluding diaryl/α,β-unsaturated/α-hetero) is 1. The molecule has 96 valence electrons. The van der Waals surface area contributed by atoms with Gasteiger partial charge in [-0.2, -0.15) is 10.4 Å². The summed E-state index contributed by atoms with van der Waals surface area (Å²) in [7, 11) is 1.70. The lowest BCUT2D eigenvalue weighted by atomic mass is 9.94. The molecule has 1 atom stereocenters. The van der Waals surface area contributed by atoms with E-state index in [9.17, 15) is 10.1 Å². The molecule has 0 aliphatic rings. The molecule has 0 aliphatic heterocycles. The number of carbonyl (C=O) groups excluding carboxylic acids is 1. The van der Waals surface area contributed by atoms with Crippen molar-refractivity contribution in [2.75, 3.05) is 0 Å². The van der Waals surface area contributed by atoms with Crippen LogP contribution in [0.25, 0.3) is 0 Å². The number of rotatable bonds is 3.